The molecule has 7 nitrogen and oxygen atoms in total. The minimum atomic E-state index is -0.349. The quantitative estimate of drug-likeness (QED) is 0.641. The summed E-state index contributed by atoms with van der Waals surface area (Å²) in [5.74, 6) is 1.60. The van der Waals surface area contributed by atoms with E-state index in [2.05, 4.69) is 20.6 Å². The van der Waals surface area contributed by atoms with E-state index in [0.717, 1.165) is 12.4 Å². The highest BCUT2D eigenvalue weighted by Gasteiger charge is 2.09. The lowest BCUT2D eigenvalue weighted by Crippen LogP contribution is -2.24. The van der Waals surface area contributed by atoms with Crippen LogP contribution in [-0.4, -0.2) is 35.6 Å². The van der Waals surface area contributed by atoms with Crippen molar-refractivity contribution in [2.75, 3.05) is 24.3 Å². The Morgan fingerprint density at radius 3 is 2.74 bits per heavy atom. The van der Waals surface area contributed by atoms with E-state index >= 15 is 0 Å². The molecule has 0 aliphatic rings. The van der Waals surface area contributed by atoms with Gasteiger partial charge in [-0.25, -0.2) is 9.97 Å². The largest absolute Gasteiger partial charge is 0.377 e. The van der Waals surface area contributed by atoms with Gasteiger partial charge in [-0.15, -0.1) is 0 Å². The smallest absolute Gasteiger partial charge is 0.219 e. The van der Waals surface area contributed by atoms with Gasteiger partial charge in [0.15, 0.2) is 5.82 Å². The lowest BCUT2D eigenvalue weighted by atomic mass is 10.2. The summed E-state index contributed by atoms with van der Waals surface area (Å²) in [5.41, 5.74) is 5.16. The van der Waals surface area contributed by atoms with Crippen LogP contribution in [0.4, 0.5) is 11.6 Å². The van der Waals surface area contributed by atoms with Gasteiger partial charge in [-0.05, 0) is 13.8 Å². The first-order valence-corrected chi connectivity index (χ1v) is 6.20. The number of hydrogen-bond acceptors (Lipinski definition) is 6. The maximum absolute atomic E-state index is 10.9. The Kier molecular flexibility index (Phi) is 6.01. The van der Waals surface area contributed by atoms with E-state index in [1.54, 1.807) is 13.2 Å². The molecule has 1 aromatic heterocycles. The molecule has 106 valence electrons. The van der Waals surface area contributed by atoms with Crippen molar-refractivity contribution in [3.8, 4) is 0 Å². The summed E-state index contributed by atoms with van der Waals surface area (Å²) < 4.78 is 5.03. The average Bonchev–Trinajstić information content (AvgIpc) is 2.28. The lowest BCUT2D eigenvalue weighted by Gasteiger charge is -2.14. The van der Waals surface area contributed by atoms with E-state index in [-0.39, 0.29) is 18.4 Å². The van der Waals surface area contributed by atoms with Crippen molar-refractivity contribution in [2.24, 2.45) is 5.73 Å². The van der Waals surface area contributed by atoms with Gasteiger partial charge < -0.3 is 21.1 Å². The lowest BCUT2D eigenvalue weighted by molar-refractivity contribution is -0.118. The molecule has 0 aliphatic carbocycles. The Bertz CT molecular complexity index is 400. The Morgan fingerprint density at radius 2 is 2.16 bits per heavy atom. The third-order valence-electron chi connectivity index (χ3n) is 2.31. The maximum Gasteiger partial charge on any atom is 0.219 e. The minimum absolute atomic E-state index is 0.0859. The van der Waals surface area contributed by atoms with Gasteiger partial charge >= 0.3 is 0 Å². The van der Waals surface area contributed by atoms with Crippen LogP contribution in [0.15, 0.2) is 6.07 Å². The van der Waals surface area contributed by atoms with Crippen molar-refractivity contribution in [3.63, 3.8) is 0 Å². The molecule has 7 heteroatoms. The number of ether oxygens (including phenoxy) is 1. The van der Waals surface area contributed by atoms with Crippen LogP contribution in [0.25, 0.3) is 0 Å². The zero-order valence-electron chi connectivity index (χ0n) is 11.6. The van der Waals surface area contributed by atoms with Crippen LogP contribution >= 0.6 is 0 Å². The molecule has 0 spiro atoms. The van der Waals surface area contributed by atoms with Gasteiger partial charge in [0.25, 0.3) is 0 Å². The number of methoxy groups -OCH3 is 1. The van der Waals surface area contributed by atoms with E-state index < -0.39 is 0 Å². The summed E-state index contributed by atoms with van der Waals surface area (Å²) in [4.78, 5) is 19.5. The van der Waals surface area contributed by atoms with Gasteiger partial charge in [-0.2, -0.15) is 0 Å². The first kappa shape index (κ1) is 15.2. The van der Waals surface area contributed by atoms with E-state index in [4.69, 9.17) is 10.5 Å². The van der Waals surface area contributed by atoms with E-state index in [1.165, 1.54) is 0 Å². The van der Waals surface area contributed by atoms with Crippen molar-refractivity contribution in [2.45, 2.75) is 32.9 Å². The third kappa shape index (κ3) is 5.52. The minimum Gasteiger partial charge on any atom is -0.377 e. The van der Waals surface area contributed by atoms with Crippen molar-refractivity contribution in [1.82, 2.24) is 9.97 Å². The molecule has 0 radical (unpaired) electrons. The summed E-state index contributed by atoms with van der Waals surface area (Å²) in [7, 11) is 1.59. The number of carbonyl (C=O) groups is 1. The molecule has 0 saturated carbocycles. The zero-order chi connectivity index (χ0) is 14.3. The summed E-state index contributed by atoms with van der Waals surface area (Å²) in [6.45, 7) is 4.95. The number of hydrogen-bond donors (Lipinski definition) is 3. The second-order valence-electron chi connectivity index (χ2n) is 4.23. The Labute approximate surface area is 113 Å². The van der Waals surface area contributed by atoms with Gasteiger partial charge in [0.1, 0.15) is 18.2 Å². The van der Waals surface area contributed by atoms with Crippen LogP contribution < -0.4 is 16.4 Å². The van der Waals surface area contributed by atoms with Crippen molar-refractivity contribution >= 4 is 17.5 Å². The molecule has 19 heavy (non-hydrogen) atoms. The Morgan fingerprint density at radius 1 is 1.47 bits per heavy atom. The van der Waals surface area contributed by atoms with E-state index in [9.17, 15) is 4.79 Å². The molecule has 0 aliphatic heterocycles. The molecule has 1 unspecified atom stereocenters. The fourth-order valence-electron chi connectivity index (χ4n) is 1.64. The number of nitrogens with one attached hydrogen (secondary N) is 2. The molecule has 0 saturated heterocycles. The normalized spacial score (nSPS) is 11.9. The molecule has 4 N–H and O–H groups in total. The number of aromatic nitrogens is 2. The monoisotopic (exact) mass is 267 g/mol. The number of anilines is 2. The summed E-state index contributed by atoms with van der Waals surface area (Å²) in [6.07, 6.45) is 0.250. The van der Waals surface area contributed by atoms with Crippen LogP contribution in [0, 0.1) is 0 Å². The molecule has 1 amide bonds. The number of nitrogens with zero attached hydrogens (tertiary/aromatic N) is 2. The van der Waals surface area contributed by atoms with Gasteiger partial charge in [-0.3, -0.25) is 4.79 Å². The molecule has 0 aromatic carbocycles. The van der Waals surface area contributed by atoms with Gasteiger partial charge in [0, 0.05) is 32.2 Å². The van der Waals surface area contributed by atoms with Crippen molar-refractivity contribution in [3.05, 3.63) is 11.9 Å². The first-order valence-electron chi connectivity index (χ1n) is 6.20. The second kappa shape index (κ2) is 7.52. The molecule has 1 atom stereocenters. The fourth-order valence-corrected chi connectivity index (χ4v) is 1.64. The number of carbonyl (C=O) groups excluding carboxylic acids is 1. The van der Waals surface area contributed by atoms with Gasteiger partial charge in [0.2, 0.25) is 5.91 Å². The molecular weight excluding hydrogens is 246 g/mol. The van der Waals surface area contributed by atoms with Crippen LogP contribution in [0.5, 0.6) is 0 Å². The van der Waals surface area contributed by atoms with E-state index in [0.29, 0.717) is 18.2 Å². The molecule has 1 rings (SSSR count). The maximum atomic E-state index is 10.9. The Balaban J connectivity index is 2.82. The number of primary amides is 1. The SMILES string of the molecule is CCNc1cc(NC(C)CC(N)=O)nc(COC)n1. The molecule has 1 heterocycles. The molecule has 0 bridgehead atoms. The third-order valence-corrected chi connectivity index (χ3v) is 2.31. The number of rotatable bonds is 8. The summed E-state index contributed by atoms with van der Waals surface area (Å²) >= 11 is 0. The predicted octanol–water partition coefficient (Wildman–Crippen LogP) is 0.731. The predicted molar refractivity (Wildman–Crippen MR) is 73.8 cm³/mol. The highest BCUT2D eigenvalue weighted by molar-refractivity contribution is 5.74. The average molecular weight is 267 g/mol. The number of nitrogens with two attached hydrogens (primary N) is 1. The van der Waals surface area contributed by atoms with Crippen LogP contribution in [0.2, 0.25) is 0 Å². The standard InChI is InChI=1S/C12H21N5O2/c1-4-14-10-6-11(15-8(2)5-9(13)18)17-12(16-10)7-19-3/h6,8H,4-5,7H2,1-3H3,(H2,13,18)(H2,14,15,16,17). The second-order valence-corrected chi connectivity index (χ2v) is 4.23. The van der Waals surface area contributed by atoms with Crippen molar-refractivity contribution < 1.29 is 9.53 Å². The van der Waals surface area contributed by atoms with Crippen LogP contribution in [0.1, 0.15) is 26.1 Å². The fraction of sp³-hybridized carbons (Fsp3) is 0.583. The molecule has 0 fully saturated rings. The van der Waals surface area contributed by atoms with E-state index in [1.807, 2.05) is 13.8 Å². The molecule has 1 aromatic rings. The van der Waals surface area contributed by atoms with Crippen LogP contribution in [-0.2, 0) is 16.1 Å². The number of amides is 1. The summed E-state index contributed by atoms with van der Waals surface area (Å²) in [6, 6.07) is 1.71. The van der Waals surface area contributed by atoms with Gasteiger partial charge in [0.05, 0.1) is 0 Å². The highest BCUT2D eigenvalue weighted by atomic mass is 16.5. The zero-order valence-corrected chi connectivity index (χ0v) is 11.6. The molecular formula is C12H21N5O2. The van der Waals surface area contributed by atoms with Gasteiger partial charge in [-0.1, -0.05) is 0 Å². The first-order chi connectivity index (χ1) is 9.05. The highest BCUT2D eigenvalue weighted by Crippen LogP contribution is 2.13. The topological polar surface area (TPSA) is 102 Å². The van der Waals surface area contributed by atoms with Crippen molar-refractivity contribution in [1.29, 1.82) is 0 Å². The van der Waals surface area contributed by atoms with Crippen LogP contribution in [0.3, 0.4) is 0 Å². The summed E-state index contributed by atoms with van der Waals surface area (Å²) in [5, 5.41) is 6.25. The Hall–Kier alpha value is -1.89.